The minimum absolute atomic E-state index is 0.464. The van der Waals surface area contributed by atoms with Crippen molar-refractivity contribution in [2.45, 2.75) is 12.1 Å². The maximum Gasteiger partial charge on any atom is 0.256 e. The van der Waals surface area contributed by atoms with Crippen molar-refractivity contribution in [3.63, 3.8) is 0 Å². The molecule has 0 radical (unpaired) electrons. The molecule has 6 nitrogen and oxygen atoms in total. The third-order valence-corrected chi connectivity index (χ3v) is 3.21. The largest absolute Gasteiger partial charge is 0.264 e. The van der Waals surface area contributed by atoms with Crippen LogP contribution in [0.2, 0.25) is 0 Å². The van der Waals surface area contributed by atoms with Crippen LogP contribution in [0.4, 0.5) is 0 Å². The van der Waals surface area contributed by atoms with Crippen molar-refractivity contribution in [3.8, 4) is 0 Å². The molecule has 0 aliphatic carbocycles. The second-order valence-electron chi connectivity index (χ2n) is 4.67. The normalized spacial score (nSPS) is 13.6. The highest BCUT2D eigenvalue weighted by Crippen LogP contribution is 2.22. The number of benzene rings is 2. The molecule has 112 valence electrons. The molecule has 22 heavy (non-hydrogen) atoms. The fourth-order valence-electron chi connectivity index (χ4n) is 2.12. The van der Waals surface area contributed by atoms with E-state index in [2.05, 4.69) is 0 Å². The smallest absolute Gasteiger partial charge is 0.256 e. The standard InChI is InChI=1S/C16H14N2O4/c19-17(20)15(13-7-3-1-4-8-13)11-12-16(18(21)22)14-9-5-2-6-10-14/h1-12,15-16H. The topological polar surface area (TPSA) is 86.3 Å². The molecule has 0 bridgehead atoms. The fourth-order valence-corrected chi connectivity index (χ4v) is 2.12. The van der Waals surface area contributed by atoms with Crippen LogP contribution in [0.3, 0.4) is 0 Å². The van der Waals surface area contributed by atoms with E-state index in [1.165, 1.54) is 12.2 Å². The highest BCUT2D eigenvalue weighted by Gasteiger charge is 2.23. The lowest BCUT2D eigenvalue weighted by atomic mass is 10.0. The first-order valence-electron chi connectivity index (χ1n) is 6.65. The van der Waals surface area contributed by atoms with Crippen LogP contribution in [0.5, 0.6) is 0 Å². The van der Waals surface area contributed by atoms with Crippen LogP contribution in [0.1, 0.15) is 23.2 Å². The second kappa shape index (κ2) is 7.12. The van der Waals surface area contributed by atoms with Gasteiger partial charge in [0.05, 0.1) is 0 Å². The Morgan fingerprint density at radius 3 is 1.27 bits per heavy atom. The summed E-state index contributed by atoms with van der Waals surface area (Å²) in [6.07, 6.45) is 2.55. The molecule has 0 amide bonds. The van der Waals surface area contributed by atoms with E-state index in [-0.39, 0.29) is 0 Å². The summed E-state index contributed by atoms with van der Waals surface area (Å²) in [6.45, 7) is 0. The summed E-state index contributed by atoms with van der Waals surface area (Å²) >= 11 is 0. The van der Waals surface area contributed by atoms with Crippen LogP contribution in [-0.2, 0) is 0 Å². The molecular formula is C16H14N2O4. The molecular weight excluding hydrogens is 284 g/mol. The molecule has 0 N–H and O–H groups in total. The lowest BCUT2D eigenvalue weighted by molar-refractivity contribution is -0.520. The minimum atomic E-state index is -1.10. The van der Waals surface area contributed by atoms with E-state index < -0.39 is 21.9 Å². The predicted molar refractivity (Wildman–Crippen MR) is 81.5 cm³/mol. The molecule has 0 heterocycles. The van der Waals surface area contributed by atoms with Gasteiger partial charge in [0.1, 0.15) is 0 Å². The van der Waals surface area contributed by atoms with Gasteiger partial charge in [-0.05, 0) is 12.2 Å². The lowest BCUT2D eigenvalue weighted by Gasteiger charge is -2.07. The fraction of sp³-hybridized carbons (Fsp3) is 0.125. The molecule has 2 unspecified atom stereocenters. The molecule has 0 aliphatic heterocycles. The number of hydrogen-bond acceptors (Lipinski definition) is 4. The van der Waals surface area contributed by atoms with Gasteiger partial charge in [-0.25, -0.2) is 0 Å². The van der Waals surface area contributed by atoms with Crippen molar-refractivity contribution in [2.24, 2.45) is 0 Å². The van der Waals surface area contributed by atoms with Gasteiger partial charge >= 0.3 is 0 Å². The van der Waals surface area contributed by atoms with Crippen molar-refractivity contribution in [1.29, 1.82) is 0 Å². The van der Waals surface area contributed by atoms with Gasteiger partial charge in [-0.15, -0.1) is 0 Å². The molecule has 0 saturated carbocycles. The maximum atomic E-state index is 11.2. The Kier molecular flexibility index (Phi) is 4.98. The van der Waals surface area contributed by atoms with Crippen molar-refractivity contribution >= 4 is 0 Å². The highest BCUT2D eigenvalue weighted by molar-refractivity contribution is 5.24. The summed E-state index contributed by atoms with van der Waals surface area (Å²) < 4.78 is 0. The van der Waals surface area contributed by atoms with Gasteiger partial charge < -0.3 is 0 Å². The van der Waals surface area contributed by atoms with Crippen LogP contribution < -0.4 is 0 Å². The molecule has 0 spiro atoms. The van der Waals surface area contributed by atoms with Crippen LogP contribution in [0, 0.1) is 20.2 Å². The van der Waals surface area contributed by atoms with Gasteiger partial charge in [-0.1, -0.05) is 60.7 Å². The van der Waals surface area contributed by atoms with Crippen LogP contribution >= 0.6 is 0 Å². The Morgan fingerprint density at radius 2 is 1.00 bits per heavy atom. The zero-order valence-corrected chi connectivity index (χ0v) is 11.6. The second-order valence-corrected chi connectivity index (χ2v) is 4.67. The first kappa shape index (κ1) is 15.4. The summed E-state index contributed by atoms with van der Waals surface area (Å²) in [5.41, 5.74) is 0.970. The molecule has 2 aromatic rings. The van der Waals surface area contributed by atoms with Gasteiger partial charge in [0.25, 0.3) is 12.1 Å². The molecule has 6 heteroatoms. The first-order chi connectivity index (χ1) is 10.6. The van der Waals surface area contributed by atoms with E-state index in [1.54, 1.807) is 60.7 Å². The van der Waals surface area contributed by atoms with E-state index in [0.29, 0.717) is 11.1 Å². The molecule has 0 fully saturated rings. The van der Waals surface area contributed by atoms with Gasteiger partial charge in [0, 0.05) is 21.0 Å². The molecule has 2 aromatic carbocycles. The Morgan fingerprint density at radius 1 is 0.682 bits per heavy atom. The van der Waals surface area contributed by atoms with E-state index in [4.69, 9.17) is 0 Å². The lowest BCUT2D eigenvalue weighted by Crippen LogP contribution is -2.11. The Balaban J connectivity index is 2.29. The maximum absolute atomic E-state index is 11.2. The number of rotatable bonds is 6. The summed E-state index contributed by atoms with van der Waals surface area (Å²) in [6, 6.07) is 14.6. The molecule has 0 saturated heterocycles. The zero-order valence-electron chi connectivity index (χ0n) is 11.6. The monoisotopic (exact) mass is 298 g/mol. The summed E-state index contributed by atoms with van der Waals surface area (Å²) in [4.78, 5) is 21.5. The summed E-state index contributed by atoms with van der Waals surface area (Å²) in [7, 11) is 0. The van der Waals surface area contributed by atoms with Gasteiger partial charge in [-0.2, -0.15) is 0 Å². The predicted octanol–water partition coefficient (Wildman–Crippen LogP) is 3.58. The van der Waals surface area contributed by atoms with Gasteiger partial charge in [0.15, 0.2) is 0 Å². The molecule has 0 aliphatic rings. The van der Waals surface area contributed by atoms with Gasteiger partial charge in [-0.3, -0.25) is 20.2 Å². The molecule has 0 aromatic heterocycles. The van der Waals surface area contributed by atoms with Crippen LogP contribution in [0.25, 0.3) is 0 Å². The van der Waals surface area contributed by atoms with E-state index in [0.717, 1.165) is 0 Å². The summed E-state index contributed by atoms with van der Waals surface area (Å²) in [5, 5.41) is 22.4. The van der Waals surface area contributed by atoms with Crippen LogP contribution in [0.15, 0.2) is 72.8 Å². The minimum Gasteiger partial charge on any atom is -0.264 e. The first-order valence-corrected chi connectivity index (χ1v) is 6.65. The SMILES string of the molecule is O=[N+]([O-])C(C=CC(c1ccccc1)[N+](=O)[O-])c1ccccc1. The van der Waals surface area contributed by atoms with E-state index in [1.807, 2.05) is 0 Å². The average molecular weight is 298 g/mol. The molecule has 2 atom stereocenters. The van der Waals surface area contributed by atoms with Crippen molar-refractivity contribution in [2.75, 3.05) is 0 Å². The molecule has 2 rings (SSSR count). The Labute approximate surface area is 127 Å². The van der Waals surface area contributed by atoms with Crippen LogP contribution in [-0.4, -0.2) is 9.85 Å². The highest BCUT2D eigenvalue weighted by atomic mass is 16.6. The third-order valence-electron chi connectivity index (χ3n) is 3.21. The Hall–Kier alpha value is -3.02. The third kappa shape index (κ3) is 3.76. The van der Waals surface area contributed by atoms with E-state index >= 15 is 0 Å². The van der Waals surface area contributed by atoms with Crippen molar-refractivity contribution in [1.82, 2.24) is 0 Å². The number of nitro groups is 2. The number of nitrogens with zero attached hydrogens (tertiary/aromatic N) is 2. The number of hydrogen-bond donors (Lipinski definition) is 0. The van der Waals surface area contributed by atoms with Crippen molar-refractivity contribution < 1.29 is 9.85 Å². The van der Waals surface area contributed by atoms with E-state index in [9.17, 15) is 20.2 Å². The van der Waals surface area contributed by atoms with Gasteiger partial charge in [0.2, 0.25) is 0 Å². The Bertz CT molecular complexity index is 612. The average Bonchev–Trinajstić information content (AvgIpc) is 2.52. The summed E-state index contributed by atoms with van der Waals surface area (Å²) in [5.74, 6) is 0. The van der Waals surface area contributed by atoms with Crippen molar-refractivity contribution in [3.05, 3.63) is 104 Å². The zero-order chi connectivity index (χ0) is 15.9. The quantitative estimate of drug-likeness (QED) is 0.463.